The molecular weight excluding hydrogens is 240 g/mol. The first-order chi connectivity index (χ1) is 8.12. The van der Waals surface area contributed by atoms with Gasteiger partial charge in [-0.1, -0.05) is 18.2 Å². The van der Waals surface area contributed by atoms with Crippen LogP contribution in [0.4, 0.5) is 5.95 Å². The second-order valence-corrected chi connectivity index (χ2v) is 4.98. The molecule has 1 heterocycles. The van der Waals surface area contributed by atoms with Crippen molar-refractivity contribution < 1.29 is 8.42 Å². The lowest BCUT2D eigenvalue weighted by atomic mass is 10.4. The van der Waals surface area contributed by atoms with Crippen molar-refractivity contribution in [3.8, 4) is 0 Å². The van der Waals surface area contributed by atoms with Crippen molar-refractivity contribution in [2.45, 2.75) is 4.90 Å². The Morgan fingerprint density at radius 2 is 1.59 bits per heavy atom. The third-order valence-corrected chi connectivity index (χ3v) is 3.60. The maximum absolute atomic E-state index is 12.1. The molecule has 0 fully saturated rings. The monoisotopic (exact) mass is 250 g/mol. The van der Waals surface area contributed by atoms with Crippen LogP contribution in [0, 0.1) is 0 Å². The Kier molecular flexibility index (Phi) is 3.03. The van der Waals surface area contributed by atoms with Gasteiger partial charge in [0.05, 0.1) is 4.90 Å². The van der Waals surface area contributed by atoms with Gasteiger partial charge in [-0.25, -0.2) is 15.8 Å². The van der Waals surface area contributed by atoms with Gasteiger partial charge in [0.1, 0.15) is 0 Å². The third-order valence-electron chi connectivity index (χ3n) is 2.05. The van der Waals surface area contributed by atoms with Gasteiger partial charge in [0.25, 0.3) is 16.0 Å². The lowest BCUT2D eigenvalue weighted by molar-refractivity contribution is 0.590. The van der Waals surface area contributed by atoms with Crippen molar-refractivity contribution in [1.82, 2.24) is 9.97 Å². The Morgan fingerprint density at radius 1 is 1.00 bits per heavy atom. The molecule has 0 saturated carbocycles. The summed E-state index contributed by atoms with van der Waals surface area (Å²) in [5.74, 6) is 5.45. The van der Waals surface area contributed by atoms with E-state index in [0.717, 1.165) is 0 Å². The summed E-state index contributed by atoms with van der Waals surface area (Å²) in [5.41, 5.74) is 0. The molecule has 7 heteroatoms. The summed E-state index contributed by atoms with van der Waals surface area (Å²) in [6.07, 6.45) is 2.84. The first kappa shape index (κ1) is 11.5. The largest absolute Gasteiger partial charge is 0.280 e. The maximum Gasteiger partial charge on any atom is 0.280 e. The van der Waals surface area contributed by atoms with Gasteiger partial charge in [0.2, 0.25) is 0 Å². The Labute approximate surface area is 98.8 Å². The zero-order valence-corrected chi connectivity index (χ0v) is 9.58. The van der Waals surface area contributed by atoms with Gasteiger partial charge >= 0.3 is 0 Å². The first-order valence-electron chi connectivity index (χ1n) is 4.74. The summed E-state index contributed by atoms with van der Waals surface area (Å²) in [4.78, 5) is 7.65. The fourth-order valence-corrected chi connectivity index (χ4v) is 2.26. The van der Waals surface area contributed by atoms with Crippen LogP contribution < -0.4 is 10.3 Å². The summed E-state index contributed by atoms with van der Waals surface area (Å²) in [5, 5.41) is 0. The fraction of sp³-hybridized carbons (Fsp3) is 0. The predicted molar refractivity (Wildman–Crippen MR) is 62.3 cm³/mol. The number of hydrazine groups is 1. The Hall–Kier alpha value is -1.99. The van der Waals surface area contributed by atoms with Crippen molar-refractivity contribution in [2.24, 2.45) is 5.84 Å². The highest BCUT2D eigenvalue weighted by Gasteiger charge is 2.23. The second kappa shape index (κ2) is 4.48. The molecule has 0 bridgehead atoms. The summed E-state index contributed by atoms with van der Waals surface area (Å²) >= 11 is 0. The van der Waals surface area contributed by atoms with Gasteiger partial charge in [-0.05, 0) is 18.2 Å². The number of hydrogen-bond acceptors (Lipinski definition) is 5. The first-order valence-corrected chi connectivity index (χ1v) is 6.18. The maximum atomic E-state index is 12.1. The summed E-state index contributed by atoms with van der Waals surface area (Å²) in [6, 6.07) is 9.45. The highest BCUT2D eigenvalue weighted by atomic mass is 32.2. The molecule has 0 saturated heterocycles. The SMILES string of the molecule is NN(c1ncccn1)S(=O)(=O)c1ccccc1. The fourth-order valence-electron chi connectivity index (χ4n) is 1.22. The van der Waals surface area contributed by atoms with Gasteiger partial charge in [-0.3, -0.25) is 0 Å². The van der Waals surface area contributed by atoms with Crippen LogP contribution in [0.5, 0.6) is 0 Å². The van der Waals surface area contributed by atoms with E-state index >= 15 is 0 Å². The van der Waals surface area contributed by atoms with E-state index in [2.05, 4.69) is 9.97 Å². The molecule has 0 unspecified atom stereocenters. The van der Waals surface area contributed by atoms with E-state index < -0.39 is 10.0 Å². The number of rotatable bonds is 3. The Morgan fingerprint density at radius 3 is 2.18 bits per heavy atom. The summed E-state index contributed by atoms with van der Waals surface area (Å²) in [7, 11) is -3.81. The van der Waals surface area contributed by atoms with Gasteiger partial charge in [0, 0.05) is 12.4 Å². The zero-order chi connectivity index (χ0) is 12.3. The molecule has 0 spiro atoms. The second-order valence-electron chi connectivity index (χ2n) is 3.16. The van der Waals surface area contributed by atoms with Crippen LogP contribution in [0.2, 0.25) is 0 Å². The molecule has 2 rings (SSSR count). The Bertz CT molecular complexity index is 586. The standard InChI is InChI=1S/C10H10N4O2S/c11-14(10-12-7-4-8-13-10)17(15,16)9-5-2-1-3-6-9/h1-8H,11H2. The molecule has 0 amide bonds. The summed E-state index contributed by atoms with van der Waals surface area (Å²) in [6.45, 7) is 0. The zero-order valence-electron chi connectivity index (χ0n) is 8.76. The van der Waals surface area contributed by atoms with Gasteiger partial charge in [0.15, 0.2) is 0 Å². The van der Waals surface area contributed by atoms with Crippen LogP contribution in [0.15, 0.2) is 53.7 Å². The molecule has 6 nitrogen and oxygen atoms in total. The average Bonchev–Trinajstić information content (AvgIpc) is 2.40. The molecule has 1 aromatic carbocycles. The van der Waals surface area contributed by atoms with Crippen LogP contribution >= 0.6 is 0 Å². The van der Waals surface area contributed by atoms with Crippen LogP contribution in [0.3, 0.4) is 0 Å². The van der Waals surface area contributed by atoms with E-state index in [4.69, 9.17) is 5.84 Å². The third kappa shape index (κ3) is 2.24. The molecule has 17 heavy (non-hydrogen) atoms. The normalized spacial score (nSPS) is 11.1. The van der Waals surface area contributed by atoms with Crippen molar-refractivity contribution in [1.29, 1.82) is 0 Å². The van der Waals surface area contributed by atoms with E-state index in [-0.39, 0.29) is 10.8 Å². The number of sulfonamides is 1. The van der Waals surface area contributed by atoms with Crippen molar-refractivity contribution >= 4 is 16.0 Å². The van der Waals surface area contributed by atoms with E-state index in [1.54, 1.807) is 24.3 Å². The molecule has 1 aromatic heterocycles. The molecule has 0 aliphatic rings. The molecule has 0 atom stereocenters. The molecule has 0 aliphatic carbocycles. The number of aromatic nitrogens is 2. The van der Waals surface area contributed by atoms with Crippen LogP contribution in [-0.2, 0) is 10.0 Å². The number of benzene rings is 1. The minimum atomic E-state index is -3.81. The molecule has 0 aliphatic heterocycles. The Balaban J connectivity index is 2.41. The van der Waals surface area contributed by atoms with E-state index in [1.165, 1.54) is 24.5 Å². The topological polar surface area (TPSA) is 89.2 Å². The predicted octanol–water partition coefficient (Wildman–Crippen LogP) is 0.546. The smallest absolute Gasteiger partial charge is 0.230 e. The number of anilines is 1. The van der Waals surface area contributed by atoms with Crippen LogP contribution in [-0.4, -0.2) is 18.4 Å². The van der Waals surface area contributed by atoms with Crippen molar-refractivity contribution in [3.63, 3.8) is 0 Å². The minimum Gasteiger partial charge on any atom is -0.230 e. The number of hydrogen-bond donors (Lipinski definition) is 1. The van der Waals surface area contributed by atoms with E-state index in [1.807, 2.05) is 0 Å². The van der Waals surface area contributed by atoms with Gasteiger partial charge in [-0.15, -0.1) is 0 Å². The van der Waals surface area contributed by atoms with E-state index in [0.29, 0.717) is 4.41 Å². The van der Waals surface area contributed by atoms with E-state index in [9.17, 15) is 8.42 Å². The van der Waals surface area contributed by atoms with Crippen LogP contribution in [0.1, 0.15) is 0 Å². The van der Waals surface area contributed by atoms with Crippen molar-refractivity contribution in [3.05, 3.63) is 48.8 Å². The highest BCUT2D eigenvalue weighted by molar-refractivity contribution is 7.92. The number of nitrogens with two attached hydrogens (primary N) is 1. The van der Waals surface area contributed by atoms with Crippen LogP contribution in [0.25, 0.3) is 0 Å². The molecule has 2 N–H and O–H groups in total. The molecule has 88 valence electrons. The average molecular weight is 250 g/mol. The number of nitrogens with zero attached hydrogens (tertiary/aromatic N) is 3. The quantitative estimate of drug-likeness (QED) is 0.634. The summed E-state index contributed by atoms with van der Waals surface area (Å²) < 4.78 is 24.7. The van der Waals surface area contributed by atoms with Gasteiger partial charge in [-0.2, -0.15) is 12.8 Å². The lowest BCUT2D eigenvalue weighted by Crippen LogP contribution is -2.38. The molecule has 0 radical (unpaired) electrons. The minimum absolute atomic E-state index is 0.0728. The van der Waals surface area contributed by atoms with Gasteiger partial charge < -0.3 is 0 Å². The molecular formula is C10H10N4O2S. The van der Waals surface area contributed by atoms with Crippen molar-refractivity contribution in [2.75, 3.05) is 4.41 Å². The highest BCUT2D eigenvalue weighted by Crippen LogP contribution is 2.15. The molecule has 2 aromatic rings. The lowest BCUT2D eigenvalue weighted by Gasteiger charge is -2.15.